The molecule has 0 aliphatic carbocycles. The number of nitrogens with one attached hydrogen (secondary N) is 2. The molecule has 76 valence electrons. The monoisotopic (exact) mass is 186 g/mol. The molecule has 0 saturated carbocycles. The number of amides is 1. The third kappa shape index (κ3) is 2.42. The van der Waals surface area contributed by atoms with Crippen molar-refractivity contribution in [2.75, 3.05) is 19.7 Å². The molecule has 0 radical (unpaired) electrons. The van der Waals surface area contributed by atoms with Gasteiger partial charge in [-0.25, -0.2) is 0 Å². The van der Waals surface area contributed by atoms with E-state index in [2.05, 4.69) is 10.6 Å². The first kappa shape index (κ1) is 10.5. The second kappa shape index (κ2) is 4.07. The Bertz CT molecular complexity index is 186. The molecule has 3 N–H and O–H groups in total. The summed E-state index contributed by atoms with van der Waals surface area (Å²) in [5.74, 6) is 0.148. The molecule has 1 fully saturated rings. The number of aliphatic hydroxyl groups is 1. The van der Waals surface area contributed by atoms with Gasteiger partial charge in [0.25, 0.3) is 0 Å². The minimum absolute atomic E-state index is 0.00457. The molecule has 1 saturated heterocycles. The standard InChI is InChI=1S/C9H18N2O2/c1-3-9(2,6-12)11-8(13)7-4-10-5-7/h7,10,12H,3-6H2,1-2H3,(H,11,13). The zero-order chi connectivity index (χ0) is 9.90. The molecule has 0 aromatic rings. The Hall–Kier alpha value is -0.610. The molecule has 1 atom stereocenters. The van der Waals surface area contributed by atoms with E-state index in [-0.39, 0.29) is 18.4 Å². The average molecular weight is 186 g/mol. The number of hydrogen-bond acceptors (Lipinski definition) is 3. The normalized spacial score (nSPS) is 21.8. The van der Waals surface area contributed by atoms with E-state index >= 15 is 0 Å². The number of rotatable bonds is 4. The van der Waals surface area contributed by atoms with Crippen LogP contribution < -0.4 is 10.6 Å². The van der Waals surface area contributed by atoms with Gasteiger partial charge in [-0.2, -0.15) is 0 Å². The van der Waals surface area contributed by atoms with Crippen LogP contribution in [0.4, 0.5) is 0 Å². The van der Waals surface area contributed by atoms with Crippen molar-refractivity contribution in [1.82, 2.24) is 10.6 Å². The molecule has 1 aliphatic rings. The van der Waals surface area contributed by atoms with Crippen molar-refractivity contribution >= 4 is 5.91 Å². The fraction of sp³-hybridized carbons (Fsp3) is 0.889. The van der Waals surface area contributed by atoms with Gasteiger partial charge in [0.05, 0.1) is 18.1 Å². The van der Waals surface area contributed by atoms with E-state index in [9.17, 15) is 4.79 Å². The van der Waals surface area contributed by atoms with Gasteiger partial charge in [0, 0.05) is 13.1 Å². The summed E-state index contributed by atoms with van der Waals surface area (Å²) in [7, 11) is 0. The van der Waals surface area contributed by atoms with Crippen LogP contribution in [0.3, 0.4) is 0 Å². The maximum absolute atomic E-state index is 11.5. The smallest absolute Gasteiger partial charge is 0.226 e. The van der Waals surface area contributed by atoms with E-state index in [1.165, 1.54) is 0 Å². The van der Waals surface area contributed by atoms with E-state index in [1.54, 1.807) is 0 Å². The number of hydrogen-bond donors (Lipinski definition) is 3. The topological polar surface area (TPSA) is 61.4 Å². The molecule has 1 unspecified atom stereocenters. The largest absolute Gasteiger partial charge is 0.394 e. The summed E-state index contributed by atoms with van der Waals surface area (Å²) < 4.78 is 0. The van der Waals surface area contributed by atoms with Crippen molar-refractivity contribution in [3.8, 4) is 0 Å². The number of carbonyl (C=O) groups is 1. The van der Waals surface area contributed by atoms with Gasteiger partial charge in [-0.1, -0.05) is 6.92 Å². The Morgan fingerprint density at radius 1 is 1.69 bits per heavy atom. The molecule has 1 rings (SSSR count). The van der Waals surface area contributed by atoms with Crippen LogP contribution in [0.1, 0.15) is 20.3 Å². The highest BCUT2D eigenvalue weighted by molar-refractivity contribution is 5.80. The van der Waals surface area contributed by atoms with Crippen LogP contribution in [0.25, 0.3) is 0 Å². The minimum atomic E-state index is -0.452. The van der Waals surface area contributed by atoms with E-state index in [4.69, 9.17) is 5.11 Å². The van der Waals surface area contributed by atoms with Crippen molar-refractivity contribution in [2.24, 2.45) is 5.92 Å². The van der Waals surface area contributed by atoms with Crippen molar-refractivity contribution in [3.05, 3.63) is 0 Å². The molecule has 0 bridgehead atoms. The first-order chi connectivity index (χ1) is 6.11. The molecule has 13 heavy (non-hydrogen) atoms. The van der Waals surface area contributed by atoms with Crippen LogP contribution in [0, 0.1) is 5.92 Å². The molecular formula is C9H18N2O2. The molecule has 0 aromatic heterocycles. The molecule has 1 heterocycles. The van der Waals surface area contributed by atoms with Gasteiger partial charge in [0.15, 0.2) is 0 Å². The lowest BCUT2D eigenvalue weighted by molar-refractivity contribution is -0.128. The lowest BCUT2D eigenvalue weighted by Gasteiger charge is -2.33. The highest BCUT2D eigenvalue weighted by atomic mass is 16.3. The predicted molar refractivity (Wildman–Crippen MR) is 50.3 cm³/mol. The first-order valence-electron chi connectivity index (χ1n) is 4.75. The average Bonchev–Trinajstić information content (AvgIpc) is 2.01. The predicted octanol–water partition coefficient (Wildman–Crippen LogP) is -0.517. The molecule has 0 aromatic carbocycles. The van der Waals surface area contributed by atoms with Gasteiger partial charge in [0.2, 0.25) is 5.91 Å². The lowest BCUT2D eigenvalue weighted by Crippen LogP contribution is -2.57. The van der Waals surface area contributed by atoms with Gasteiger partial charge in [-0.15, -0.1) is 0 Å². The Kier molecular flexibility index (Phi) is 3.27. The fourth-order valence-corrected chi connectivity index (χ4v) is 1.11. The van der Waals surface area contributed by atoms with Crippen molar-refractivity contribution in [1.29, 1.82) is 0 Å². The summed E-state index contributed by atoms with van der Waals surface area (Å²) in [6, 6.07) is 0. The lowest BCUT2D eigenvalue weighted by atomic mass is 9.96. The van der Waals surface area contributed by atoms with E-state index < -0.39 is 5.54 Å². The van der Waals surface area contributed by atoms with Gasteiger partial charge in [-0.05, 0) is 13.3 Å². The molecule has 4 nitrogen and oxygen atoms in total. The highest BCUT2D eigenvalue weighted by Gasteiger charge is 2.30. The second-order valence-corrected chi connectivity index (χ2v) is 3.92. The van der Waals surface area contributed by atoms with Crippen LogP contribution in [-0.2, 0) is 4.79 Å². The first-order valence-corrected chi connectivity index (χ1v) is 4.75. The van der Waals surface area contributed by atoms with Gasteiger partial charge in [0.1, 0.15) is 0 Å². The maximum atomic E-state index is 11.5. The van der Waals surface area contributed by atoms with Crippen LogP contribution in [0.15, 0.2) is 0 Å². The van der Waals surface area contributed by atoms with E-state index in [1.807, 2.05) is 13.8 Å². The van der Waals surface area contributed by atoms with E-state index in [0.717, 1.165) is 19.5 Å². The third-order valence-corrected chi connectivity index (χ3v) is 2.71. The minimum Gasteiger partial charge on any atom is -0.394 e. The van der Waals surface area contributed by atoms with Crippen molar-refractivity contribution in [3.63, 3.8) is 0 Å². The summed E-state index contributed by atoms with van der Waals surface area (Å²) in [6.07, 6.45) is 0.745. The molecule has 4 heteroatoms. The summed E-state index contributed by atoms with van der Waals surface area (Å²) in [5.41, 5.74) is -0.452. The zero-order valence-electron chi connectivity index (χ0n) is 8.26. The third-order valence-electron chi connectivity index (χ3n) is 2.71. The molecule has 1 aliphatic heterocycles. The highest BCUT2D eigenvalue weighted by Crippen LogP contribution is 2.11. The summed E-state index contributed by atoms with van der Waals surface area (Å²) in [6.45, 7) is 5.33. The van der Waals surface area contributed by atoms with Crippen LogP contribution >= 0.6 is 0 Å². The summed E-state index contributed by atoms with van der Waals surface area (Å²) >= 11 is 0. The summed E-state index contributed by atoms with van der Waals surface area (Å²) in [4.78, 5) is 11.5. The Balaban J connectivity index is 2.40. The SMILES string of the molecule is CCC(C)(CO)NC(=O)C1CNC1. The van der Waals surface area contributed by atoms with Crippen molar-refractivity contribution < 1.29 is 9.90 Å². The Morgan fingerprint density at radius 3 is 2.62 bits per heavy atom. The second-order valence-electron chi connectivity index (χ2n) is 3.92. The Morgan fingerprint density at radius 2 is 2.31 bits per heavy atom. The van der Waals surface area contributed by atoms with E-state index in [0.29, 0.717) is 0 Å². The quantitative estimate of drug-likeness (QED) is 0.554. The molecular weight excluding hydrogens is 168 g/mol. The van der Waals surface area contributed by atoms with Gasteiger partial charge < -0.3 is 15.7 Å². The van der Waals surface area contributed by atoms with Crippen LogP contribution in [0.2, 0.25) is 0 Å². The molecule has 0 spiro atoms. The fourth-order valence-electron chi connectivity index (χ4n) is 1.11. The van der Waals surface area contributed by atoms with Crippen LogP contribution in [-0.4, -0.2) is 36.2 Å². The van der Waals surface area contributed by atoms with Gasteiger partial charge in [-0.3, -0.25) is 4.79 Å². The molecule has 1 amide bonds. The van der Waals surface area contributed by atoms with Crippen molar-refractivity contribution in [2.45, 2.75) is 25.8 Å². The number of carbonyl (C=O) groups excluding carboxylic acids is 1. The van der Waals surface area contributed by atoms with Crippen LogP contribution in [0.5, 0.6) is 0 Å². The Labute approximate surface area is 78.7 Å². The number of aliphatic hydroxyl groups excluding tert-OH is 1. The van der Waals surface area contributed by atoms with Gasteiger partial charge >= 0.3 is 0 Å². The zero-order valence-corrected chi connectivity index (χ0v) is 8.26. The maximum Gasteiger partial charge on any atom is 0.226 e. The summed E-state index contributed by atoms with van der Waals surface area (Å²) in [5, 5.41) is 15.0.